The largest absolute Gasteiger partial charge is 0.467 e. The fraction of sp³-hybridized carbons (Fsp3) is 0.250. The first-order valence-corrected chi connectivity index (χ1v) is 8.14. The number of carbonyl (C=O) groups excluding carboxylic acids is 3. The Balaban J connectivity index is 2.22. The normalized spacial score (nSPS) is 17.1. The Morgan fingerprint density at radius 3 is 2.38 bits per heavy atom. The molecule has 1 aliphatic rings. The molecule has 1 amide bonds. The van der Waals surface area contributed by atoms with Crippen LogP contribution >= 0.6 is 24.0 Å². The highest BCUT2D eigenvalue weighted by molar-refractivity contribution is 8.26. The Hall–Kier alpha value is -2.19. The molecule has 126 valence electrons. The van der Waals surface area contributed by atoms with Crippen molar-refractivity contribution in [2.75, 3.05) is 14.2 Å². The molecule has 0 aromatic heterocycles. The molecule has 1 fully saturated rings. The maximum atomic E-state index is 12.5. The minimum absolute atomic E-state index is 0.301. The molecule has 0 aliphatic carbocycles. The van der Waals surface area contributed by atoms with Crippen molar-refractivity contribution in [2.24, 2.45) is 0 Å². The molecule has 0 N–H and O–H groups in total. The van der Waals surface area contributed by atoms with Crippen molar-refractivity contribution in [1.82, 2.24) is 4.90 Å². The van der Waals surface area contributed by atoms with Gasteiger partial charge in [-0.15, -0.1) is 0 Å². The summed E-state index contributed by atoms with van der Waals surface area (Å²) < 4.78 is 9.59. The van der Waals surface area contributed by atoms with Crippen LogP contribution in [0.2, 0.25) is 0 Å². The average molecular weight is 365 g/mol. The molecule has 24 heavy (non-hydrogen) atoms. The number of amides is 1. The predicted octanol–water partition coefficient (Wildman–Crippen LogP) is 2.24. The van der Waals surface area contributed by atoms with Gasteiger partial charge in [-0.3, -0.25) is 9.69 Å². The second-order valence-electron chi connectivity index (χ2n) is 4.86. The number of hydrogen-bond donors (Lipinski definition) is 0. The number of rotatable bonds is 4. The van der Waals surface area contributed by atoms with Crippen LogP contribution in [0.15, 0.2) is 29.2 Å². The summed E-state index contributed by atoms with van der Waals surface area (Å²) in [6.07, 6.45) is 1.66. The summed E-state index contributed by atoms with van der Waals surface area (Å²) in [6, 6.07) is 5.82. The third-order valence-corrected chi connectivity index (χ3v) is 4.71. The number of nitrogens with zero attached hydrogens (tertiary/aromatic N) is 1. The Labute approximate surface area is 148 Å². The van der Waals surface area contributed by atoms with Crippen molar-refractivity contribution in [3.05, 3.63) is 40.3 Å². The van der Waals surface area contributed by atoms with Crippen molar-refractivity contribution in [3.8, 4) is 0 Å². The van der Waals surface area contributed by atoms with E-state index in [2.05, 4.69) is 9.47 Å². The molecule has 1 saturated heterocycles. The minimum Gasteiger partial charge on any atom is -0.467 e. The summed E-state index contributed by atoms with van der Waals surface area (Å²) in [5.41, 5.74) is 1.15. The van der Waals surface area contributed by atoms with Crippen molar-refractivity contribution < 1.29 is 23.9 Å². The van der Waals surface area contributed by atoms with Gasteiger partial charge in [0.1, 0.15) is 10.4 Å². The van der Waals surface area contributed by atoms with Gasteiger partial charge in [0.15, 0.2) is 0 Å². The molecule has 0 spiro atoms. The van der Waals surface area contributed by atoms with E-state index in [4.69, 9.17) is 12.2 Å². The van der Waals surface area contributed by atoms with Crippen molar-refractivity contribution in [3.63, 3.8) is 0 Å². The molecule has 1 aromatic carbocycles. The maximum Gasteiger partial charge on any atom is 0.337 e. The Bertz CT molecular complexity index is 726. The van der Waals surface area contributed by atoms with E-state index in [1.807, 2.05) is 0 Å². The number of methoxy groups -OCH3 is 2. The highest BCUT2D eigenvalue weighted by atomic mass is 32.2. The summed E-state index contributed by atoms with van der Waals surface area (Å²) in [7, 11) is 2.57. The van der Waals surface area contributed by atoms with Gasteiger partial charge < -0.3 is 9.47 Å². The van der Waals surface area contributed by atoms with Crippen LogP contribution in [0, 0.1) is 0 Å². The quantitative estimate of drug-likeness (QED) is 0.460. The van der Waals surface area contributed by atoms with E-state index < -0.39 is 18.0 Å². The maximum absolute atomic E-state index is 12.5. The van der Waals surface area contributed by atoms with Crippen LogP contribution in [0.5, 0.6) is 0 Å². The van der Waals surface area contributed by atoms with Gasteiger partial charge in [0.25, 0.3) is 5.91 Å². The van der Waals surface area contributed by atoms with E-state index in [-0.39, 0.29) is 5.91 Å². The zero-order valence-corrected chi connectivity index (χ0v) is 14.9. The van der Waals surface area contributed by atoms with Crippen LogP contribution in [-0.2, 0) is 19.1 Å². The molecule has 0 bridgehead atoms. The number of ether oxygens (including phenoxy) is 2. The first-order chi connectivity index (χ1) is 11.4. The standard InChI is InChI=1S/C16H15NO5S2/c1-9(14(19)21-2)17-13(18)12(24-16(17)23)8-10-4-6-11(7-5-10)15(20)22-3/h4-9H,1-3H3/b12-8-/t9-/m1/s1. The topological polar surface area (TPSA) is 72.9 Å². The summed E-state index contributed by atoms with van der Waals surface area (Å²) in [5, 5.41) is 0. The lowest BCUT2D eigenvalue weighted by atomic mass is 10.1. The molecule has 0 radical (unpaired) electrons. The lowest BCUT2D eigenvalue weighted by molar-refractivity contribution is -0.147. The van der Waals surface area contributed by atoms with Gasteiger partial charge in [-0.2, -0.15) is 0 Å². The highest BCUT2D eigenvalue weighted by Gasteiger charge is 2.38. The second kappa shape index (κ2) is 7.59. The predicted molar refractivity (Wildman–Crippen MR) is 94.3 cm³/mol. The van der Waals surface area contributed by atoms with E-state index in [1.54, 1.807) is 37.3 Å². The third kappa shape index (κ3) is 3.65. The number of hydrogen-bond acceptors (Lipinski definition) is 7. The monoisotopic (exact) mass is 365 g/mol. The lowest BCUT2D eigenvalue weighted by Gasteiger charge is -2.20. The van der Waals surface area contributed by atoms with Gasteiger partial charge in [0.05, 0.1) is 24.7 Å². The van der Waals surface area contributed by atoms with Crippen LogP contribution in [0.25, 0.3) is 6.08 Å². The van der Waals surface area contributed by atoms with Crippen LogP contribution < -0.4 is 0 Å². The van der Waals surface area contributed by atoms with Gasteiger partial charge in [-0.05, 0) is 30.7 Å². The minimum atomic E-state index is -0.782. The Kier molecular flexibility index (Phi) is 5.74. The molecule has 8 heteroatoms. The highest BCUT2D eigenvalue weighted by Crippen LogP contribution is 2.34. The lowest BCUT2D eigenvalue weighted by Crippen LogP contribution is -2.42. The van der Waals surface area contributed by atoms with Gasteiger partial charge in [-0.1, -0.05) is 36.1 Å². The SMILES string of the molecule is COC(=O)c1ccc(/C=C2\SC(=S)N([C@H](C)C(=O)OC)C2=O)cc1. The third-order valence-electron chi connectivity index (χ3n) is 3.38. The van der Waals surface area contributed by atoms with E-state index in [0.29, 0.717) is 14.8 Å². The molecule has 1 aliphatic heterocycles. The van der Waals surface area contributed by atoms with Crippen LogP contribution in [0.1, 0.15) is 22.8 Å². The molecule has 1 atom stereocenters. The van der Waals surface area contributed by atoms with Crippen LogP contribution in [0.4, 0.5) is 0 Å². The molecule has 0 saturated carbocycles. The summed E-state index contributed by atoms with van der Waals surface area (Å²) in [5.74, 6) is -1.31. The van der Waals surface area contributed by atoms with Crippen molar-refractivity contribution in [2.45, 2.75) is 13.0 Å². The van der Waals surface area contributed by atoms with Crippen LogP contribution in [0.3, 0.4) is 0 Å². The van der Waals surface area contributed by atoms with Gasteiger partial charge in [-0.25, -0.2) is 9.59 Å². The Morgan fingerprint density at radius 1 is 1.21 bits per heavy atom. The number of carbonyl (C=O) groups is 3. The molecule has 1 aromatic rings. The zero-order valence-electron chi connectivity index (χ0n) is 13.3. The number of thioether (sulfide) groups is 1. The van der Waals surface area contributed by atoms with E-state index in [9.17, 15) is 14.4 Å². The molecular weight excluding hydrogens is 350 g/mol. The molecular formula is C16H15NO5S2. The van der Waals surface area contributed by atoms with E-state index in [1.165, 1.54) is 19.1 Å². The number of thiocarbonyl (C=S) groups is 1. The van der Waals surface area contributed by atoms with Gasteiger partial charge >= 0.3 is 11.9 Å². The van der Waals surface area contributed by atoms with E-state index >= 15 is 0 Å². The smallest absolute Gasteiger partial charge is 0.337 e. The van der Waals surface area contributed by atoms with Crippen molar-refractivity contribution in [1.29, 1.82) is 0 Å². The summed E-state index contributed by atoms with van der Waals surface area (Å²) >= 11 is 6.30. The van der Waals surface area contributed by atoms with E-state index in [0.717, 1.165) is 17.3 Å². The molecule has 2 rings (SSSR count). The molecule has 6 nitrogen and oxygen atoms in total. The van der Waals surface area contributed by atoms with Crippen LogP contribution in [-0.4, -0.2) is 47.3 Å². The Morgan fingerprint density at radius 2 is 1.83 bits per heavy atom. The fourth-order valence-electron chi connectivity index (χ4n) is 2.07. The average Bonchev–Trinajstić information content (AvgIpc) is 2.87. The summed E-state index contributed by atoms with van der Waals surface area (Å²) in [4.78, 5) is 37.2. The summed E-state index contributed by atoms with van der Waals surface area (Å²) in [6.45, 7) is 1.56. The number of esters is 2. The fourth-order valence-corrected chi connectivity index (χ4v) is 3.49. The second-order valence-corrected chi connectivity index (χ2v) is 6.54. The first kappa shape index (κ1) is 18.2. The molecule has 0 unspecified atom stereocenters. The van der Waals surface area contributed by atoms with Gasteiger partial charge in [0, 0.05) is 0 Å². The number of benzene rings is 1. The van der Waals surface area contributed by atoms with Crippen molar-refractivity contribution >= 4 is 52.2 Å². The molecule has 1 heterocycles. The first-order valence-electron chi connectivity index (χ1n) is 6.92. The zero-order chi connectivity index (χ0) is 17.9. The van der Waals surface area contributed by atoms with Gasteiger partial charge in [0.2, 0.25) is 0 Å².